The van der Waals surface area contributed by atoms with Gasteiger partial charge in [-0.3, -0.25) is 14.9 Å². The summed E-state index contributed by atoms with van der Waals surface area (Å²) >= 11 is 5.72. The van der Waals surface area contributed by atoms with Crippen LogP contribution in [0.25, 0.3) is 0 Å². The zero-order valence-electron chi connectivity index (χ0n) is 14.5. The van der Waals surface area contributed by atoms with Crippen molar-refractivity contribution in [2.24, 2.45) is 0 Å². The minimum absolute atomic E-state index is 0.135. The Morgan fingerprint density at radius 2 is 2.15 bits per heavy atom. The first kappa shape index (κ1) is 19.9. The summed E-state index contributed by atoms with van der Waals surface area (Å²) in [6.07, 6.45) is 6.44. The van der Waals surface area contributed by atoms with E-state index in [-0.39, 0.29) is 10.6 Å². The van der Waals surface area contributed by atoms with Crippen molar-refractivity contribution >= 4 is 29.2 Å². The van der Waals surface area contributed by atoms with Gasteiger partial charge in [-0.2, -0.15) is 0 Å². The second-order valence-corrected chi connectivity index (χ2v) is 6.55. The van der Waals surface area contributed by atoms with E-state index in [1.54, 1.807) is 0 Å². The van der Waals surface area contributed by atoms with Crippen LogP contribution >= 0.6 is 11.6 Å². The van der Waals surface area contributed by atoms with E-state index >= 15 is 0 Å². The zero-order chi connectivity index (χ0) is 19.1. The van der Waals surface area contributed by atoms with Crippen molar-refractivity contribution in [3.63, 3.8) is 0 Å². The lowest BCUT2D eigenvalue weighted by atomic mass is 9.97. The van der Waals surface area contributed by atoms with Crippen molar-refractivity contribution in [3.05, 3.63) is 50.5 Å². The standard InChI is InChI=1S/C18H21ClN2O5/c1-12(17(22)20-10-9-13-5-3-2-4-6-13)26-18(23)15-8-7-14(19)11-16(15)21(24)25/h5,7-8,11-12H,2-4,6,9-10H2,1H3,(H,20,22)/t12-/m0/s1. The molecule has 0 saturated heterocycles. The Balaban J connectivity index is 1.89. The molecule has 0 radical (unpaired) electrons. The lowest BCUT2D eigenvalue weighted by molar-refractivity contribution is -0.385. The van der Waals surface area contributed by atoms with Gasteiger partial charge in [-0.25, -0.2) is 4.79 Å². The van der Waals surface area contributed by atoms with E-state index < -0.39 is 28.6 Å². The second-order valence-electron chi connectivity index (χ2n) is 6.12. The van der Waals surface area contributed by atoms with Crippen LogP contribution in [-0.2, 0) is 9.53 Å². The van der Waals surface area contributed by atoms with Crippen molar-refractivity contribution in [2.75, 3.05) is 6.54 Å². The lowest BCUT2D eigenvalue weighted by Gasteiger charge is -2.15. The highest BCUT2D eigenvalue weighted by atomic mass is 35.5. The van der Waals surface area contributed by atoms with Crippen LogP contribution in [-0.4, -0.2) is 29.4 Å². The normalized spacial score (nSPS) is 14.9. The number of carbonyl (C=O) groups is 2. The number of hydrogen-bond donors (Lipinski definition) is 1. The monoisotopic (exact) mass is 380 g/mol. The topological polar surface area (TPSA) is 98.5 Å². The largest absolute Gasteiger partial charge is 0.449 e. The number of carbonyl (C=O) groups excluding carboxylic acids is 2. The summed E-state index contributed by atoms with van der Waals surface area (Å²) in [5.41, 5.74) is 0.628. The van der Waals surface area contributed by atoms with Crippen molar-refractivity contribution < 1.29 is 19.2 Å². The van der Waals surface area contributed by atoms with Gasteiger partial charge in [0, 0.05) is 17.6 Å². The highest BCUT2D eigenvalue weighted by Gasteiger charge is 2.25. The number of amides is 1. The van der Waals surface area contributed by atoms with Crippen LogP contribution in [0.15, 0.2) is 29.8 Å². The average Bonchev–Trinajstić information content (AvgIpc) is 2.62. The molecule has 0 unspecified atom stereocenters. The molecule has 0 fully saturated rings. The molecule has 0 heterocycles. The van der Waals surface area contributed by atoms with E-state index in [2.05, 4.69) is 11.4 Å². The van der Waals surface area contributed by atoms with Crippen molar-refractivity contribution in [1.29, 1.82) is 0 Å². The average molecular weight is 381 g/mol. The van der Waals surface area contributed by atoms with E-state index in [1.165, 1.54) is 37.5 Å². The predicted molar refractivity (Wildman–Crippen MR) is 97.2 cm³/mol. The number of nitrogens with one attached hydrogen (secondary N) is 1. The molecule has 1 atom stereocenters. The molecule has 26 heavy (non-hydrogen) atoms. The smallest absolute Gasteiger partial charge is 0.345 e. The molecule has 0 aromatic heterocycles. The van der Waals surface area contributed by atoms with Gasteiger partial charge in [0.25, 0.3) is 11.6 Å². The number of halogens is 1. The molecule has 0 spiro atoms. The highest BCUT2D eigenvalue weighted by molar-refractivity contribution is 6.31. The summed E-state index contributed by atoms with van der Waals surface area (Å²) in [7, 11) is 0. The fourth-order valence-electron chi connectivity index (χ4n) is 2.73. The molecule has 1 aliphatic carbocycles. The molecule has 1 aromatic carbocycles. The summed E-state index contributed by atoms with van der Waals surface area (Å²) in [5, 5.41) is 13.9. The number of nitro groups is 1. The third kappa shape index (κ3) is 5.56. The minimum Gasteiger partial charge on any atom is -0.449 e. The number of nitrogens with zero attached hydrogens (tertiary/aromatic N) is 1. The third-order valence-corrected chi connectivity index (χ3v) is 4.39. The Kier molecular flexibility index (Phi) is 7.15. The number of benzene rings is 1. The summed E-state index contributed by atoms with van der Waals surface area (Å²) in [6.45, 7) is 1.89. The molecular weight excluding hydrogens is 360 g/mol. The van der Waals surface area contributed by atoms with Gasteiger partial charge in [0.1, 0.15) is 5.56 Å². The summed E-state index contributed by atoms with van der Waals surface area (Å²) in [5.74, 6) is -1.38. The Bertz CT molecular complexity index is 732. The summed E-state index contributed by atoms with van der Waals surface area (Å²) < 4.78 is 5.06. The minimum atomic E-state index is -1.06. The Hall–Kier alpha value is -2.41. The van der Waals surface area contributed by atoms with Crippen LogP contribution in [0.1, 0.15) is 49.4 Å². The first-order chi connectivity index (χ1) is 12.4. The maximum absolute atomic E-state index is 12.2. The number of esters is 1. The first-order valence-corrected chi connectivity index (χ1v) is 8.87. The van der Waals surface area contributed by atoms with Gasteiger partial charge < -0.3 is 10.1 Å². The Morgan fingerprint density at radius 3 is 2.81 bits per heavy atom. The third-order valence-electron chi connectivity index (χ3n) is 4.16. The number of hydrogen-bond acceptors (Lipinski definition) is 5. The fourth-order valence-corrected chi connectivity index (χ4v) is 2.89. The molecule has 1 aliphatic rings. The van der Waals surface area contributed by atoms with Gasteiger partial charge in [0.15, 0.2) is 6.10 Å². The van der Waals surface area contributed by atoms with Crippen molar-refractivity contribution in [2.45, 2.75) is 45.1 Å². The zero-order valence-corrected chi connectivity index (χ0v) is 15.3. The molecule has 0 saturated carbocycles. The summed E-state index contributed by atoms with van der Waals surface area (Å²) in [4.78, 5) is 34.5. The quantitative estimate of drug-likeness (QED) is 0.335. The van der Waals surface area contributed by atoms with Crippen LogP contribution in [0.4, 0.5) is 5.69 Å². The van der Waals surface area contributed by atoms with Crippen LogP contribution in [0, 0.1) is 10.1 Å². The lowest BCUT2D eigenvalue weighted by Crippen LogP contribution is -2.36. The number of nitro benzene ring substituents is 1. The molecule has 1 aromatic rings. The molecule has 7 nitrogen and oxygen atoms in total. The number of rotatable bonds is 7. The Labute approximate surface area is 156 Å². The van der Waals surface area contributed by atoms with Crippen molar-refractivity contribution in [1.82, 2.24) is 5.32 Å². The van der Waals surface area contributed by atoms with Gasteiger partial charge >= 0.3 is 5.97 Å². The van der Waals surface area contributed by atoms with E-state index in [4.69, 9.17) is 16.3 Å². The predicted octanol–water partition coefficient (Wildman–Crippen LogP) is 3.80. The first-order valence-electron chi connectivity index (χ1n) is 8.49. The molecule has 8 heteroatoms. The molecular formula is C18H21ClN2O5. The van der Waals surface area contributed by atoms with Gasteiger partial charge in [-0.15, -0.1) is 0 Å². The SMILES string of the molecule is C[C@H](OC(=O)c1ccc(Cl)cc1[N+](=O)[O-])C(=O)NCCC1=CCCCC1. The molecule has 1 N–H and O–H groups in total. The van der Waals surface area contributed by atoms with Gasteiger partial charge in [0.05, 0.1) is 4.92 Å². The fraction of sp³-hybridized carbons (Fsp3) is 0.444. The highest BCUT2D eigenvalue weighted by Crippen LogP contribution is 2.24. The van der Waals surface area contributed by atoms with Crippen molar-refractivity contribution in [3.8, 4) is 0 Å². The van der Waals surface area contributed by atoms with E-state index in [9.17, 15) is 19.7 Å². The van der Waals surface area contributed by atoms with Crippen LogP contribution in [0.5, 0.6) is 0 Å². The molecule has 140 valence electrons. The van der Waals surface area contributed by atoms with E-state index in [0.717, 1.165) is 25.3 Å². The van der Waals surface area contributed by atoms with Gasteiger partial charge in [0.2, 0.25) is 0 Å². The maximum atomic E-state index is 12.2. The van der Waals surface area contributed by atoms with Crippen LogP contribution in [0.2, 0.25) is 5.02 Å². The summed E-state index contributed by atoms with van der Waals surface area (Å²) in [6, 6.07) is 3.64. The van der Waals surface area contributed by atoms with E-state index in [1.807, 2.05) is 0 Å². The number of allylic oxidation sites excluding steroid dienone is 1. The maximum Gasteiger partial charge on any atom is 0.345 e. The molecule has 1 amide bonds. The van der Waals surface area contributed by atoms with Crippen LogP contribution in [0.3, 0.4) is 0 Å². The number of ether oxygens (including phenoxy) is 1. The van der Waals surface area contributed by atoms with Gasteiger partial charge in [-0.1, -0.05) is 23.3 Å². The molecule has 0 aliphatic heterocycles. The van der Waals surface area contributed by atoms with E-state index in [0.29, 0.717) is 6.54 Å². The second kappa shape index (κ2) is 9.33. The van der Waals surface area contributed by atoms with Crippen LogP contribution < -0.4 is 5.32 Å². The van der Waals surface area contributed by atoms with Gasteiger partial charge in [-0.05, 0) is 51.2 Å². The molecule has 2 rings (SSSR count). The Morgan fingerprint density at radius 1 is 1.38 bits per heavy atom. The molecule has 0 bridgehead atoms.